The molecule has 1 aromatic rings. The number of likely N-dealkylation sites (tertiary alicyclic amines) is 1. The monoisotopic (exact) mass is 359 g/mol. The maximum absolute atomic E-state index is 12.5. The molecular weight excluding hydrogens is 330 g/mol. The highest BCUT2D eigenvalue weighted by molar-refractivity contribution is 5.81. The number of nitrogens with zero attached hydrogens (tertiary/aromatic N) is 1. The molecule has 2 aliphatic heterocycles. The number of nitrogens with one attached hydrogen (secondary N) is 2. The Morgan fingerprint density at radius 3 is 2.69 bits per heavy atom. The van der Waals surface area contributed by atoms with Crippen molar-refractivity contribution in [2.75, 3.05) is 32.8 Å². The lowest BCUT2D eigenvalue weighted by atomic mass is 9.95. The van der Waals surface area contributed by atoms with E-state index >= 15 is 0 Å². The summed E-state index contributed by atoms with van der Waals surface area (Å²) < 4.78 is 5.61. The van der Waals surface area contributed by atoms with Crippen LogP contribution in [0.5, 0.6) is 5.75 Å². The number of hydrogen-bond donors (Lipinski definition) is 2. The molecule has 0 saturated carbocycles. The molecule has 2 fully saturated rings. The number of hydrogen-bond acceptors (Lipinski definition) is 4. The first-order chi connectivity index (χ1) is 12.7. The second-order valence-electron chi connectivity index (χ2n) is 7.12. The van der Waals surface area contributed by atoms with Crippen LogP contribution in [0.15, 0.2) is 30.3 Å². The van der Waals surface area contributed by atoms with Crippen molar-refractivity contribution in [3.05, 3.63) is 30.3 Å². The Balaban J connectivity index is 1.41. The van der Waals surface area contributed by atoms with Crippen LogP contribution in [0.3, 0.4) is 0 Å². The summed E-state index contributed by atoms with van der Waals surface area (Å²) in [6.07, 6.45) is 4.06. The number of carbonyl (C=O) groups excluding carboxylic acids is 2. The minimum atomic E-state index is -0.0855. The number of benzene rings is 1. The van der Waals surface area contributed by atoms with E-state index in [-0.39, 0.29) is 23.8 Å². The van der Waals surface area contributed by atoms with E-state index in [2.05, 4.69) is 10.6 Å². The molecule has 2 amide bonds. The third kappa shape index (κ3) is 5.46. The van der Waals surface area contributed by atoms with Crippen LogP contribution >= 0.6 is 0 Å². The summed E-state index contributed by atoms with van der Waals surface area (Å²) >= 11 is 0. The number of para-hydroxylation sites is 1. The van der Waals surface area contributed by atoms with Gasteiger partial charge in [-0.3, -0.25) is 9.59 Å². The lowest BCUT2D eigenvalue weighted by Gasteiger charge is -2.33. The van der Waals surface area contributed by atoms with Crippen molar-refractivity contribution in [2.45, 2.75) is 38.1 Å². The summed E-state index contributed by atoms with van der Waals surface area (Å²) in [6, 6.07) is 9.79. The summed E-state index contributed by atoms with van der Waals surface area (Å²) in [5, 5.41) is 6.48. The van der Waals surface area contributed by atoms with Gasteiger partial charge >= 0.3 is 0 Å². The molecule has 2 saturated heterocycles. The van der Waals surface area contributed by atoms with Gasteiger partial charge < -0.3 is 20.3 Å². The minimum absolute atomic E-state index is 0.0697. The number of piperidine rings is 2. The fourth-order valence-electron chi connectivity index (χ4n) is 3.63. The molecule has 0 aromatic heterocycles. The van der Waals surface area contributed by atoms with Gasteiger partial charge in [0.1, 0.15) is 5.75 Å². The highest BCUT2D eigenvalue weighted by Crippen LogP contribution is 2.18. The quantitative estimate of drug-likeness (QED) is 0.809. The number of carbonyl (C=O) groups is 2. The molecule has 3 rings (SSSR count). The number of rotatable bonds is 6. The van der Waals surface area contributed by atoms with Gasteiger partial charge in [0.2, 0.25) is 11.8 Å². The SMILES string of the molecule is O=C(NC1CCNCC1)C1CCCN(C(=O)CCOc2ccccc2)C1. The molecule has 2 heterocycles. The molecule has 2 N–H and O–H groups in total. The minimum Gasteiger partial charge on any atom is -0.493 e. The Kier molecular flexibility index (Phi) is 6.89. The molecule has 6 heteroatoms. The summed E-state index contributed by atoms with van der Waals surface area (Å²) in [5.74, 6) is 0.867. The molecule has 0 radical (unpaired) electrons. The third-order valence-electron chi connectivity index (χ3n) is 5.16. The van der Waals surface area contributed by atoms with Crippen molar-refractivity contribution in [2.24, 2.45) is 5.92 Å². The molecule has 1 aromatic carbocycles. The normalized spacial score (nSPS) is 21.2. The van der Waals surface area contributed by atoms with Crippen LogP contribution < -0.4 is 15.4 Å². The van der Waals surface area contributed by atoms with Crippen LogP contribution in [0.1, 0.15) is 32.1 Å². The van der Waals surface area contributed by atoms with Crippen LogP contribution in [-0.4, -0.2) is 55.5 Å². The van der Waals surface area contributed by atoms with Crippen molar-refractivity contribution in [1.82, 2.24) is 15.5 Å². The van der Waals surface area contributed by atoms with Gasteiger partial charge in [-0.25, -0.2) is 0 Å². The van der Waals surface area contributed by atoms with Crippen molar-refractivity contribution >= 4 is 11.8 Å². The molecule has 142 valence electrons. The standard InChI is InChI=1S/C20H29N3O3/c24-19(10-14-26-18-6-2-1-3-7-18)23-13-4-5-16(15-23)20(25)22-17-8-11-21-12-9-17/h1-3,6-7,16-17,21H,4-5,8-15H2,(H,22,25). The number of amides is 2. The Bertz CT molecular complexity index is 587. The molecule has 1 unspecified atom stereocenters. The molecule has 0 aliphatic carbocycles. The Labute approximate surface area is 155 Å². The van der Waals surface area contributed by atoms with E-state index in [0.717, 1.165) is 51.1 Å². The predicted molar refractivity (Wildman–Crippen MR) is 99.9 cm³/mol. The van der Waals surface area contributed by atoms with E-state index in [1.807, 2.05) is 35.2 Å². The van der Waals surface area contributed by atoms with Gasteiger partial charge in [-0.15, -0.1) is 0 Å². The van der Waals surface area contributed by atoms with Gasteiger partial charge in [0.25, 0.3) is 0 Å². The van der Waals surface area contributed by atoms with Crippen LogP contribution in [-0.2, 0) is 9.59 Å². The van der Waals surface area contributed by atoms with E-state index in [1.54, 1.807) is 0 Å². The van der Waals surface area contributed by atoms with E-state index in [1.165, 1.54) is 0 Å². The molecule has 1 atom stereocenters. The third-order valence-corrected chi connectivity index (χ3v) is 5.16. The second kappa shape index (κ2) is 9.57. The van der Waals surface area contributed by atoms with E-state index in [4.69, 9.17) is 4.74 Å². The Morgan fingerprint density at radius 2 is 1.92 bits per heavy atom. The first-order valence-corrected chi connectivity index (χ1v) is 9.69. The van der Waals surface area contributed by atoms with Crippen LogP contribution in [0.4, 0.5) is 0 Å². The second-order valence-corrected chi connectivity index (χ2v) is 7.12. The van der Waals surface area contributed by atoms with Gasteiger partial charge in [0.05, 0.1) is 18.9 Å². The van der Waals surface area contributed by atoms with Gasteiger partial charge in [-0.2, -0.15) is 0 Å². The van der Waals surface area contributed by atoms with E-state index in [0.29, 0.717) is 19.6 Å². The average molecular weight is 359 g/mol. The summed E-state index contributed by atoms with van der Waals surface area (Å²) in [4.78, 5) is 26.8. The lowest BCUT2D eigenvalue weighted by Crippen LogP contribution is -2.49. The van der Waals surface area contributed by atoms with Gasteiger partial charge in [0.15, 0.2) is 0 Å². The average Bonchev–Trinajstić information content (AvgIpc) is 2.69. The largest absolute Gasteiger partial charge is 0.493 e. The summed E-state index contributed by atoms with van der Waals surface area (Å²) in [6.45, 7) is 3.55. The maximum atomic E-state index is 12.5. The summed E-state index contributed by atoms with van der Waals surface area (Å²) in [5.41, 5.74) is 0. The maximum Gasteiger partial charge on any atom is 0.226 e. The van der Waals surface area contributed by atoms with Crippen LogP contribution in [0.25, 0.3) is 0 Å². The predicted octanol–water partition coefficient (Wildman–Crippen LogP) is 1.56. The topological polar surface area (TPSA) is 70.7 Å². The van der Waals surface area contributed by atoms with Gasteiger partial charge in [0, 0.05) is 19.1 Å². The van der Waals surface area contributed by atoms with Crippen molar-refractivity contribution in [1.29, 1.82) is 0 Å². The fraction of sp³-hybridized carbons (Fsp3) is 0.600. The van der Waals surface area contributed by atoms with Crippen molar-refractivity contribution in [3.63, 3.8) is 0 Å². The van der Waals surface area contributed by atoms with E-state index in [9.17, 15) is 9.59 Å². The highest BCUT2D eigenvalue weighted by atomic mass is 16.5. The zero-order valence-electron chi connectivity index (χ0n) is 15.3. The lowest BCUT2D eigenvalue weighted by molar-refractivity contribution is -0.136. The number of ether oxygens (including phenoxy) is 1. The Hall–Kier alpha value is -2.08. The Morgan fingerprint density at radius 1 is 1.15 bits per heavy atom. The van der Waals surface area contributed by atoms with Gasteiger partial charge in [-0.1, -0.05) is 18.2 Å². The highest BCUT2D eigenvalue weighted by Gasteiger charge is 2.29. The van der Waals surface area contributed by atoms with Crippen molar-refractivity contribution < 1.29 is 14.3 Å². The molecule has 0 bridgehead atoms. The van der Waals surface area contributed by atoms with Gasteiger partial charge in [-0.05, 0) is 50.9 Å². The molecule has 26 heavy (non-hydrogen) atoms. The smallest absolute Gasteiger partial charge is 0.226 e. The first-order valence-electron chi connectivity index (χ1n) is 9.69. The van der Waals surface area contributed by atoms with Crippen LogP contribution in [0.2, 0.25) is 0 Å². The first kappa shape index (κ1) is 18.7. The zero-order chi connectivity index (χ0) is 18.2. The molecule has 2 aliphatic rings. The molecular formula is C20H29N3O3. The molecule has 0 spiro atoms. The zero-order valence-corrected chi connectivity index (χ0v) is 15.3. The van der Waals surface area contributed by atoms with E-state index < -0.39 is 0 Å². The van der Waals surface area contributed by atoms with Crippen molar-refractivity contribution in [3.8, 4) is 5.75 Å². The molecule has 6 nitrogen and oxygen atoms in total. The fourth-order valence-corrected chi connectivity index (χ4v) is 3.63. The van der Waals surface area contributed by atoms with Crippen LogP contribution in [0, 0.1) is 5.92 Å². The summed E-state index contributed by atoms with van der Waals surface area (Å²) in [7, 11) is 0.